The Hall–Kier alpha value is -3.39. The number of rotatable bonds is 26. The third-order valence-electron chi connectivity index (χ3n) is 9.23. The summed E-state index contributed by atoms with van der Waals surface area (Å²) in [6, 6.07) is 6.27. The van der Waals surface area contributed by atoms with Gasteiger partial charge in [0, 0.05) is 33.0 Å². The summed E-state index contributed by atoms with van der Waals surface area (Å²) in [5.74, 6) is 2.61. The molecule has 0 spiro atoms. The van der Waals surface area contributed by atoms with Gasteiger partial charge in [0.1, 0.15) is 24.0 Å². The maximum atomic E-state index is 14.1. The molecule has 10 nitrogen and oxygen atoms in total. The highest BCUT2D eigenvalue weighted by atomic mass is 16.7. The SMILES string of the molecule is CC#CCOc1ccc(C[C@H](NC(=O)[C@@H](/C=C/CCCCCCC2(CCCCCCC)OCCO2)[C@@H](CCOC)C(=O)OC(C)(C)C)C(=O)OC)cc1. The van der Waals surface area contributed by atoms with Crippen molar-refractivity contribution in [3.8, 4) is 17.6 Å². The van der Waals surface area contributed by atoms with Gasteiger partial charge in [-0.1, -0.05) is 75.7 Å². The van der Waals surface area contributed by atoms with E-state index in [1.807, 2.05) is 18.2 Å². The van der Waals surface area contributed by atoms with Crippen LogP contribution in [0.3, 0.4) is 0 Å². The topological polar surface area (TPSA) is 119 Å². The molecule has 1 aliphatic heterocycles. The van der Waals surface area contributed by atoms with Crippen molar-refractivity contribution in [3.05, 3.63) is 42.0 Å². The number of nitrogens with one attached hydrogen (secondary N) is 1. The maximum Gasteiger partial charge on any atom is 0.328 e. The molecule has 0 aromatic heterocycles. The van der Waals surface area contributed by atoms with Gasteiger partial charge in [-0.3, -0.25) is 9.59 Å². The first-order valence-electron chi connectivity index (χ1n) is 19.6. The standard InChI is InChI=1S/C43H67NO9/c1-8-10-12-16-19-27-43(51-31-32-52-43)28-20-17-14-13-15-18-21-36(37(26-30-48-6)40(46)53-42(3,4)5)39(45)44-38(41(47)49-7)33-34-22-24-35(25-23-34)50-29-11-9-2/h18,21-25,36-38H,8,10,12-17,19-20,26-33H2,1-7H3,(H,44,45)/b21-18+/t36-,37+,38-/m0/s1. The van der Waals surface area contributed by atoms with Gasteiger partial charge in [0.05, 0.1) is 32.2 Å². The summed E-state index contributed by atoms with van der Waals surface area (Å²) in [4.78, 5) is 40.5. The lowest BCUT2D eigenvalue weighted by Gasteiger charge is -2.28. The Morgan fingerprint density at radius 2 is 1.57 bits per heavy atom. The molecule has 298 valence electrons. The average molecular weight is 742 g/mol. The molecule has 1 aliphatic rings. The van der Waals surface area contributed by atoms with Crippen LogP contribution in [0.25, 0.3) is 0 Å². The van der Waals surface area contributed by atoms with Gasteiger partial charge in [-0.05, 0) is 77.5 Å². The molecule has 1 saturated heterocycles. The number of unbranched alkanes of at least 4 members (excludes halogenated alkanes) is 8. The molecule has 0 aliphatic carbocycles. The first-order valence-corrected chi connectivity index (χ1v) is 19.6. The number of benzene rings is 1. The molecule has 0 bridgehead atoms. The normalized spacial score (nSPS) is 15.6. The Morgan fingerprint density at radius 1 is 0.925 bits per heavy atom. The lowest BCUT2D eigenvalue weighted by molar-refractivity contribution is -0.168. The monoisotopic (exact) mass is 741 g/mol. The molecule has 2 rings (SSSR count). The van der Waals surface area contributed by atoms with Gasteiger partial charge in [-0.15, -0.1) is 5.92 Å². The quantitative estimate of drug-likeness (QED) is 0.0438. The van der Waals surface area contributed by atoms with Crippen molar-refractivity contribution in [2.24, 2.45) is 11.8 Å². The summed E-state index contributed by atoms with van der Waals surface area (Å²) in [5.41, 5.74) is 0.0526. The molecule has 0 radical (unpaired) electrons. The van der Waals surface area contributed by atoms with Crippen LogP contribution >= 0.6 is 0 Å². The minimum atomic E-state index is -0.977. The van der Waals surface area contributed by atoms with E-state index in [-0.39, 0.29) is 26.1 Å². The summed E-state index contributed by atoms with van der Waals surface area (Å²) in [6.45, 7) is 11.2. The second-order valence-electron chi connectivity index (χ2n) is 14.7. The number of hydrogen-bond donors (Lipinski definition) is 1. The van der Waals surface area contributed by atoms with Crippen LogP contribution in [0, 0.1) is 23.7 Å². The van der Waals surface area contributed by atoms with Gasteiger partial charge in [0.2, 0.25) is 5.91 Å². The summed E-state index contributed by atoms with van der Waals surface area (Å²) >= 11 is 0. The smallest absolute Gasteiger partial charge is 0.328 e. The Morgan fingerprint density at radius 3 is 2.15 bits per heavy atom. The number of ether oxygens (including phenoxy) is 6. The minimum Gasteiger partial charge on any atom is -0.481 e. The fourth-order valence-electron chi connectivity index (χ4n) is 6.38. The molecular formula is C43H67NO9. The van der Waals surface area contributed by atoms with Crippen LogP contribution in [-0.2, 0) is 44.5 Å². The van der Waals surface area contributed by atoms with Crippen molar-refractivity contribution in [1.82, 2.24) is 5.32 Å². The first kappa shape index (κ1) is 45.8. The molecule has 3 atom stereocenters. The molecule has 1 aromatic rings. The second-order valence-corrected chi connectivity index (χ2v) is 14.7. The molecule has 1 heterocycles. The number of carbonyl (C=O) groups excluding carboxylic acids is 3. The van der Waals surface area contributed by atoms with E-state index in [0.717, 1.165) is 56.9 Å². The van der Waals surface area contributed by atoms with Crippen LogP contribution in [-0.4, -0.2) is 75.9 Å². The third-order valence-corrected chi connectivity index (χ3v) is 9.23. The lowest BCUT2D eigenvalue weighted by Crippen LogP contribution is -2.48. The van der Waals surface area contributed by atoms with Crippen molar-refractivity contribution >= 4 is 17.8 Å². The molecular weight excluding hydrogens is 674 g/mol. The average Bonchev–Trinajstić information content (AvgIpc) is 3.59. The van der Waals surface area contributed by atoms with Crippen molar-refractivity contribution < 1.29 is 42.8 Å². The van der Waals surface area contributed by atoms with E-state index in [9.17, 15) is 14.4 Å². The van der Waals surface area contributed by atoms with Crippen LogP contribution < -0.4 is 10.1 Å². The summed E-state index contributed by atoms with van der Waals surface area (Å²) in [5, 5.41) is 2.88. The van der Waals surface area contributed by atoms with Crippen molar-refractivity contribution in [2.75, 3.05) is 40.6 Å². The van der Waals surface area contributed by atoms with E-state index in [0.29, 0.717) is 19.0 Å². The molecule has 0 unspecified atom stereocenters. The lowest BCUT2D eigenvalue weighted by atomic mass is 9.87. The van der Waals surface area contributed by atoms with Gasteiger partial charge in [-0.2, -0.15) is 0 Å². The highest BCUT2D eigenvalue weighted by Crippen LogP contribution is 2.32. The predicted molar refractivity (Wildman–Crippen MR) is 207 cm³/mol. The summed E-state index contributed by atoms with van der Waals surface area (Å²) < 4.78 is 33.9. The molecule has 0 saturated carbocycles. The van der Waals surface area contributed by atoms with Crippen LogP contribution in [0.1, 0.15) is 124 Å². The highest BCUT2D eigenvalue weighted by molar-refractivity contribution is 5.90. The molecule has 1 N–H and O–H groups in total. The number of amides is 1. The molecule has 1 aromatic carbocycles. The zero-order valence-corrected chi connectivity index (χ0v) is 33.6. The number of esters is 2. The molecule has 1 amide bonds. The molecule has 1 fully saturated rings. The van der Waals surface area contributed by atoms with Gasteiger partial charge in [-0.25, -0.2) is 4.79 Å². The van der Waals surface area contributed by atoms with Crippen LogP contribution in [0.15, 0.2) is 36.4 Å². The van der Waals surface area contributed by atoms with Crippen LogP contribution in [0.2, 0.25) is 0 Å². The fraction of sp³-hybridized carbons (Fsp3) is 0.698. The van der Waals surface area contributed by atoms with Crippen LogP contribution in [0.5, 0.6) is 5.75 Å². The van der Waals surface area contributed by atoms with E-state index in [2.05, 4.69) is 24.1 Å². The number of carbonyl (C=O) groups is 3. The highest BCUT2D eigenvalue weighted by Gasteiger charge is 2.37. The second kappa shape index (κ2) is 25.6. The zero-order valence-electron chi connectivity index (χ0n) is 33.6. The largest absolute Gasteiger partial charge is 0.481 e. The predicted octanol–water partition coefficient (Wildman–Crippen LogP) is 7.90. The van der Waals surface area contributed by atoms with Gasteiger partial charge < -0.3 is 33.7 Å². The number of allylic oxidation sites excluding steroid dienone is 1. The Bertz CT molecular complexity index is 1290. The van der Waals surface area contributed by atoms with E-state index < -0.39 is 47.1 Å². The number of methoxy groups -OCH3 is 2. The molecule has 53 heavy (non-hydrogen) atoms. The van der Waals surface area contributed by atoms with E-state index in [1.165, 1.54) is 32.8 Å². The Labute approximate surface area is 319 Å². The van der Waals surface area contributed by atoms with Gasteiger partial charge >= 0.3 is 11.9 Å². The first-order chi connectivity index (χ1) is 25.5. The van der Waals surface area contributed by atoms with E-state index >= 15 is 0 Å². The molecule has 10 heteroatoms. The summed E-state index contributed by atoms with van der Waals surface area (Å²) in [7, 11) is 2.84. The maximum absolute atomic E-state index is 14.1. The van der Waals surface area contributed by atoms with Crippen LogP contribution in [0.4, 0.5) is 0 Å². The van der Waals surface area contributed by atoms with Crippen molar-refractivity contribution in [1.29, 1.82) is 0 Å². The van der Waals surface area contributed by atoms with Gasteiger partial charge in [0.25, 0.3) is 0 Å². The third kappa shape index (κ3) is 18.5. The van der Waals surface area contributed by atoms with Gasteiger partial charge in [0.15, 0.2) is 5.79 Å². The fourth-order valence-corrected chi connectivity index (χ4v) is 6.38. The van der Waals surface area contributed by atoms with E-state index in [4.69, 9.17) is 28.4 Å². The Kier molecular flexibility index (Phi) is 22.1. The zero-order chi connectivity index (χ0) is 39.0. The van der Waals surface area contributed by atoms with Crippen molar-refractivity contribution in [2.45, 2.75) is 142 Å². The van der Waals surface area contributed by atoms with E-state index in [1.54, 1.807) is 53.0 Å². The number of hydrogen-bond acceptors (Lipinski definition) is 9. The Balaban J connectivity index is 2.10. The summed E-state index contributed by atoms with van der Waals surface area (Å²) in [6.07, 6.45) is 17.0. The minimum absolute atomic E-state index is 0.190. The van der Waals surface area contributed by atoms with Crippen molar-refractivity contribution in [3.63, 3.8) is 0 Å².